The van der Waals surface area contributed by atoms with Crippen LogP contribution in [0, 0.1) is 0 Å². The molecule has 0 atom stereocenters. The molecule has 0 spiro atoms. The highest BCUT2D eigenvalue weighted by molar-refractivity contribution is 6.22. The molecule has 0 radical (unpaired) electrons. The molecule has 48 heavy (non-hydrogen) atoms. The lowest BCUT2D eigenvalue weighted by Gasteiger charge is -2.08. The lowest BCUT2D eigenvalue weighted by molar-refractivity contribution is -0.144. The van der Waals surface area contributed by atoms with E-state index in [1.165, 1.54) is 51.4 Å². The highest BCUT2D eigenvalue weighted by atomic mass is 16.5. The number of hydrogen-bond acceptors (Lipinski definition) is 7. The number of ketones is 1. The van der Waals surface area contributed by atoms with Crippen molar-refractivity contribution in [3.05, 3.63) is 47.5 Å². The lowest BCUT2D eigenvalue weighted by Crippen LogP contribution is -2.04. The Morgan fingerprint density at radius 3 is 1.19 bits per heavy atom. The molecule has 0 amide bonds. The smallest absolute Gasteiger partial charge is 0.305 e. The molecule has 1 aliphatic rings. The molecule has 3 rings (SSSR count). The first kappa shape index (κ1) is 39.1. The number of rotatable bonds is 28. The third kappa shape index (κ3) is 14.8. The van der Waals surface area contributed by atoms with Crippen molar-refractivity contribution in [2.75, 3.05) is 26.4 Å². The Morgan fingerprint density at radius 2 is 0.812 bits per heavy atom. The van der Waals surface area contributed by atoms with Crippen molar-refractivity contribution in [3.8, 4) is 22.6 Å². The first-order valence-electron chi connectivity index (χ1n) is 18.9. The largest absolute Gasteiger partial charge is 0.494 e. The number of ether oxygens (including phenoxy) is 4. The van der Waals surface area contributed by atoms with Crippen molar-refractivity contribution in [2.24, 2.45) is 0 Å². The summed E-state index contributed by atoms with van der Waals surface area (Å²) in [4.78, 5) is 36.3. The van der Waals surface area contributed by atoms with Gasteiger partial charge in [-0.2, -0.15) is 0 Å². The Hall–Kier alpha value is -3.35. The van der Waals surface area contributed by atoms with Crippen LogP contribution in [0.15, 0.2) is 36.4 Å². The van der Waals surface area contributed by atoms with Crippen LogP contribution in [0.5, 0.6) is 11.5 Å². The Kier molecular flexibility index (Phi) is 19.5. The number of carbonyl (C=O) groups is 3. The van der Waals surface area contributed by atoms with Gasteiger partial charge in [0.1, 0.15) is 11.5 Å². The fourth-order valence-electron chi connectivity index (χ4n) is 6.04. The maximum absolute atomic E-state index is 13.3. The normalized spacial score (nSPS) is 11.7. The van der Waals surface area contributed by atoms with E-state index in [2.05, 4.69) is 0 Å². The minimum atomic E-state index is -0.0643. The van der Waals surface area contributed by atoms with E-state index in [9.17, 15) is 14.4 Å². The van der Waals surface area contributed by atoms with Crippen LogP contribution in [0.25, 0.3) is 11.1 Å². The van der Waals surface area contributed by atoms with Crippen molar-refractivity contribution < 1.29 is 33.3 Å². The minimum absolute atomic E-state index is 0.0339. The average molecular weight is 665 g/mol. The minimum Gasteiger partial charge on any atom is -0.494 e. The summed E-state index contributed by atoms with van der Waals surface area (Å²) < 4.78 is 22.3. The van der Waals surface area contributed by atoms with Crippen LogP contribution in [-0.2, 0) is 19.1 Å². The maximum Gasteiger partial charge on any atom is 0.305 e. The first-order chi connectivity index (χ1) is 23.5. The Morgan fingerprint density at radius 1 is 0.458 bits per heavy atom. The van der Waals surface area contributed by atoms with Crippen molar-refractivity contribution in [2.45, 2.75) is 142 Å². The van der Waals surface area contributed by atoms with Gasteiger partial charge in [-0.05, 0) is 86.1 Å². The standard InChI is InChI=1S/C41H60O7/c1-3-27-47-39(42)21-17-13-9-5-7-11-15-19-29-45-33-23-25-35-36-26-24-34(32-38(36)41(44)37(35)31-33)46-30-20-16-12-8-6-10-14-18-22-40(43)48-28-4-2/h23-26,31-32H,3-22,27-30H2,1-2H3. The van der Waals surface area contributed by atoms with Crippen LogP contribution in [0.3, 0.4) is 0 Å². The zero-order valence-electron chi connectivity index (χ0n) is 29.8. The fraction of sp³-hybridized carbons (Fsp3) is 0.634. The van der Waals surface area contributed by atoms with Crippen LogP contribution in [0.4, 0.5) is 0 Å². The molecule has 266 valence electrons. The van der Waals surface area contributed by atoms with Gasteiger partial charge in [-0.1, -0.05) is 90.9 Å². The van der Waals surface area contributed by atoms with E-state index < -0.39 is 0 Å². The number of carbonyl (C=O) groups excluding carboxylic acids is 3. The Bertz CT molecular complexity index is 1140. The third-order valence-electron chi connectivity index (χ3n) is 8.78. The number of unbranched alkanes of at least 4 members (excludes halogenated alkanes) is 14. The molecular weight excluding hydrogens is 604 g/mol. The number of benzene rings is 2. The van der Waals surface area contributed by atoms with Crippen LogP contribution >= 0.6 is 0 Å². The third-order valence-corrected chi connectivity index (χ3v) is 8.78. The molecule has 0 bridgehead atoms. The van der Waals surface area contributed by atoms with E-state index in [-0.39, 0.29) is 17.7 Å². The number of fused-ring (bicyclic) bond motifs is 3. The van der Waals surface area contributed by atoms with Gasteiger partial charge in [0.2, 0.25) is 0 Å². The van der Waals surface area contributed by atoms with Crippen molar-refractivity contribution in [3.63, 3.8) is 0 Å². The SMILES string of the molecule is CCCOC(=O)CCCCCCCCCCOc1ccc2c(c1)C(=O)c1cc(OCCCCCCCCCCC(=O)OCCC)ccc1-2. The summed E-state index contributed by atoms with van der Waals surface area (Å²) in [5.74, 6) is 1.40. The molecule has 1 aliphatic carbocycles. The second-order valence-electron chi connectivity index (χ2n) is 13.0. The number of esters is 2. The van der Waals surface area contributed by atoms with Crippen LogP contribution < -0.4 is 9.47 Å². The predicted molar refractivity (Wildman–Crippen MR) is 192 cm³/mol. The van der Waals surface area contributed by atoms with Crippen molar-refractivity contribution >= 4 is 17.7 Å². The molecule has 7 heteroatoms. The maximum atomic E-state index is 13.3. The van der Waals surface area contributed by atoms with Gasteiger partial charge < -0.3 is 18.9 Å². The summed E-state index contributed by atoms with van der Waals surface area (Å²) >= 11 is 0. The monoisotopic (exact) mass is 664 g/mol. The second-order valence-corrected chi connectivity index (χ2v) is 13.0. The summed E-state index contributed by atoms with van der Waals surface area (Å²) in [5, 5.41) is 0. The van der Waals surface area contributed by atoms with Crippen molar-refractivity contribution in [1.29, 1.82) is 0 Å². The lowest BCUT2D eigenvalue weighted by atomic mass is 10.1. The predicted octanol–water partition coefficient (Wildman–Crippen LogP) is 10.6. The van der Waals surface area contributed by atoms with Gasteiger partial charge in [-0.15, -0.1) is 0 Å². The Labute approximate surface area is 289 Å². The van der Waals surface area contributed by atoms with Crippen LogP contribution in [0.1, 0.15) is 158 Å². The zero-order valence-corrected chi connectivity index (χ0v) is 29.8. The molecule has 0 saturated carbocycles. The average Bonchev–Trinajstić information content (AvgIpc) is 3.37. The van der Waals surface area contributed by atoms with Gasteiger partial charge >= 0.3 is 11.9 Å². The van der Waals surface area contributed by atoms with Gasteiger partial charge in [-0.3, -0.25) is 14.4 Å². The number of hydrogen-bond donors (Lipinski definition) is 0. The molecule has 2 aromatic carbocycles. The van der Waals surface area contributed by atoms with E-state index in [1.807, 2.05) is 50.2 Å². The molecular formula is C41H60O7. The topological polar surface area (TPSA) is 88.1 Å². The molecule has 0 aromatic heterocycles. The van der Waals surface area contributed by atoms with E-state index in [4.69, 9.17) is 18.9 Å². The van der Waals surface area contributed by atoms with E-state index in [0.717, 1.165) is 86.8 Å². The first-order valence-corrected chi connectivity index (χ1v) is 18.9. The van der Waals surface area contributed by atoms with Gasteiger partial charge in [-0.25, -0.2) is 0 Å². The van der Waals surface area contributed by atoms with Gasteiger partial charge in [0.15, 0.2) is 5.78 Å². The zero-order chi connectivity index (χ0) is 34.2. The van der Waals surface area contributed by atoms with E-state index in [0.29, 0.717) is 50.4 Å². The summed E-state index contributed by atoms with van der Waals surface area (Å²) in [5.41, 5.74) is 3.33. The molecule has 7 nitrogen and oxygen atoms in total. The summed E-state index contributed by atoms with van der Waals surface area (Å²) in [7, 11) is 0. The summed E-state index contributed by atoms with van der Waals surface area (Å²) in [6.07, 6.45) is 20.6. The molecule has 0 fully saturated rings. The molecule has 0 heterocycles. The van der Waals surface area contributed by atoms with Crippen LogP contribution in [0.2, 0.25) is 0 Å². The fourth-order valence-corrected chi connectivity index (χ4v) is 6.04. The van der Waals surface area contributed by atoms with Crippen molar-refractivity contribution in [1.82, 2.24) is 0 Å². The van der Waals surface area contributed by atoms with E-state index in [1.54, 1.807) is 0 Å². The van der Waals surface area contributed by atoms with E-state index >= 15 is 0 Å². The summed E-state index contributed by atoms with van der Waals surface area (Å²) in [6, 6.07) is 11.7. The molecule has 0 N–H and O–H groups in total. The highest BCUT2D eigenvalue weighted by Crippen LogP contribution is 2.40. The molecule has 0 aliphatic heterocycles. The second kappa shape index (κ2) is 23.9. The quantitative estimate of drug-likeness (QED) is 0.0564. The highest BCUT2D eigenvalue weighted by Gasteiger charge is 2.27. The van der Waals surface area contributed by atoms with Gasteiger partial charge in [0.05, 0.1) is 26.4 Å². The Balaban J connectivity index is 1.23. The summed E-state index contributed by atoms with van der Waals surface area (Å²) in [6.45, 7) is 6.38. The molecule has 0 saturated heterocycles. The molecule has 2 aromatic rings. The molecule has 0 unspecified atom stereocenters. The van der Waals surface area contributed by atoms with Gasteiger partial charge in [0, 0.05) is 24.0 Å². The van der Waals surface area contributed by atoms with Gasteiger partial charge in [0.25, 0.3) is 0 Å². The van der Waals surface area contributed by atoms with Crippen LogP contribution in [-0.4, -0.2) is 44.1 Å².